The molecule has 1 saturated carbocycles. The summed E-state index contributed by atoms with van der Waals surface area (Å²) in [6, 6.07) is 12.0. The number of sulfonamides is 1. The number of hydrogen-bond donors (Lipinski definition) is 2. The highest BCUT2D eigenvalue weighted by Crippen LogP contribution is 2.61. The third-order valence-electron chi connectivity index (χ3n) is 5.04. The average Bonchev–Trinajstić information content (AvgIpc) is 3.11. The predicted octanol–water partition coefficient (Wildman–Crippen LogP) is 1.99. The van der Waals surface area contributed by atoms with Crippen LogP contribution in [0.4, 0.5) is 5.82 Å². The van der Waals surface area contributed by atoms with Gasteiger partial charge in [0.1, 0.15) is 10.7 Å². The molecular formula is C17H19N3O2S. The van der Waals surface area contributed by atoms with Crippen molar-refractivity contribution in [2.45, 2.75) is 17.2 Å². The summed E-state index contributed by atoms with van der Waals surface area (Å²) < 4.78 is 25.6. The van der Waals surface area contributed by atoms with Crippen molar-refractivity contribution in [2.75, 3.05) is 18.9 Å². The lowest BCUT2D eigenvalue weighted by atomic mass is 10.0. The van der Waals surface area contributed by atoms with Crippen LogP contribution < -0.4 is 10.0 Å². The molecule has 0 aliphatic heterocycles. The maximum absolute atomic E-state index is 11.7. The summed E-state index contributed by atoms with van der Waals surface area (Å²) in [4.78, 5) is 4.38. The molecule has 4 rings (SSSR count). The molecule has 1 aromatic carbocycles. The fourth-order valence-electron chi connectivity index (χ4n) is 3.75. The van der Waals surface area contributed by atoms with Crippen molar-refractivity contribution in [2.24, 2.45) is 11.8 Å². The van der Waals surface area contributed by atoms with Gasteiger partial charge in [-0.2, -0.15) is 0 Å². The molecule has 120 valence electrons. The normalized spacial score (nSPS) is 24.8. The van der Waals surface area contributed by atoms with Gasteiger partial charge < -0.3 is 5.32 Å². The molecule has 0 bridgehead atoms. The Labute approximate surface area is 136 Å². The number of nitrogens with zero attached hydrogens (tertiary/aromatic N) is 1. The number of hydrogen-bond acceptors (Lipinski definition) is 4. The second-order valence-electron chi connectivity index (χ2n) is 6.22. The summed E-state index contributed by atoms with van der Waals surface area (Å²) in [5.41, 5.74) is 3.01. The topological polar surface area (TPSA) is 71.1 Å². The molecule has 2 aliphatic carbocycles. The fraction of sp³-hybridized carbons (Fsp3) is 0.353. The molecule has 0 amide bonds. The van der Waals surface area contributed by atoms with Gasteiger partial charge in [-0.1, -0.05) is 24.3 Å². The molecule has 3 atom stereocenters. The van der Waals surface area contributed by atoms with E-state index in [1.165, 1.54) is 30.8 Å². The van der Waals surface area contributed by atoms with E-state index in [4.69, 9.17) is 0 Å². The van der Waals surface area contributed by atoms with Crippen molar-refractivity contribution in [3.8, 4) is 0 Å². The van der Waals surface area contributed by atoms with E-state index in [0.29, 0.717) is 11.8 Å². The minimum atomic E-state index is -3.42. The van der Waals surface area contributed by atoms with Gasteiger partial charge in [-0.25, -0.2) is 18.1 Å². The van der Waals surface area contributed by atoms with Crippen LogP contribution in [-0.4, -0.2) is 27.0 Å². The summed E-state index contributed by atoms with van der Waals surface area (Å²) in [6.45, 7) is 0.884. The first kappa shape index (κ1) is 14.7. The molecule has 2 aromatic rings. The number of nitrogens with one attached hydrogen (secondary N) is 2. The smallest absolute Gasteiger partial charge is 0.241 e. The Bertz CT molecular complexity index is 833. The minimum absolute atomic E-state index is 0.183. The van der Waals surface area contributed by atoms with Gasteiger partial charge >= 0.3 is 0 Å². The van der Waals surface area contributed by atoms with E-state index in [9.17, 15) is 8.42 Å². The van der Waals surface area contributed by atoms with Gasteiger partial charge in [-0.15, -0.1) is 0 Å². The molecule has 0 saturated heterocycles. The molecule has 3 unspecified atom stereocenters. The second kappa shape index (κ2) is 5.32. The Morgan fingerprint density at radius 3 is 2.78 bits per heavy atom. The van der Waals surface area contributed by atoms with E-state index in [0.717, 1.165) is 18.3 Å². The van der Waals surface area contributed by atoms with Crippen molar-refractivity contribution in [1.29, 1.82) is 0 Å². The van der Waals surface area contributed by atoms with Crippen molar-refractivity contribution in [3.63, 3.8) is 0 Å². The first-order chi connectivity index (χ1) is 11.1. The van der Waals surface area contributed by atoms with Crippen LogP contribution in [-0.2, 0) is 16.4 Å². The van der Waals surface area contributed by atoms with Gasteiger partial charge in [-0.3, -0.25) is 0 Å². The van der Waals surface area contributed by atoms with Gasteiger partial charge in [-0.05, 0) is 54.5 Å². The highest BCUT2D eigenvalue weighted by atomic mass is 32.2. The van der Waals surface area contributed by atoms with Crippen molar-refractivity contribution in [1.82, 2.24) is 9.71 Å². The SMILES string of the molecule is CNS(=O)(=O)c1ccc(NCC2C3Cc4ccccc4C23)nc1. The van der Waals surface area contributed by atoms with Crippen LogP contribution in [0, 0.1) is 11.8 Å². The molecule has 6 heteroatoms. The lowest BCUT2D eigenvalue weighted by Gasteiger charge is -2.09. The Kier molecular flexibility index (Phi) is 3.39. The lowest BCUT2D eigenvalue weighted by molar-refractivity contribution is 0.588. The van der Waals surface area contributed by atoms with Crippen LogP contribution >= 0.6 is 0 Å². The average molecular weight is 329 g/mol. The maximum Gasteiger partial charge on any atom is 0.241 e. The van der Waals surface area contributed by atoms with Crippen LogP contribution in [0.25, 0.3) is 0 Å². The summed E-state index contributed by atoms with van der Waals surface area (Å²) in [6.07, 6.45) is 2.57. The number of fused-ring (bicyclic) bond motifs is 3. The molecule has 1 heterocycles. The summed E-state index contributed by atoms with van der Waals surface area (Å²) in [7, 11) is -2.03. The molecule has 2 aliphatic rings. The zero-order chi connectivity index (χ0) is 16.0. The largest absolute Gasteiger partial charge is 0.370 e. The fourth-order valence-corrected chi connectivity index (χ4v) is 4.42. The van der Waals surface area contributed by atoms with E-state index >= 15 is 0 Å². The third-order valence-corrected chi connectivity index (χ3v) is 6.44. The van der Waals surface area contributed by atoms with E-state index < -0.39 is 10.0 Å². The Morgan fingerprint density at radius 1 is 1.22 bits per heavy atom. The zero-order valence-corrected chi connectivity index (χ0v) is 13.7. The highest BCUT2D eigenvalue weighted by molar-refractivity contribution is 7.89. The molecule has 5 nitrogen and oxygen atoms in total. The number of rotatable bonds is 5. The van der Waals surface area contributed by atoms with Crippen LogP contribution in [0.5, 0.6) is 0 Å². The number of benzene rings is 1. The van der Waals surface area contributed by atoms with Crippen LogP contribution in [0.2, 0.25) is 0 Å². The maximum atomic E-state index is 11.7. The van der Waals surface area contributed by atoms with Gasteiger partial charge in [0, 0.05) is 12.7 Å². The first-order valence-corrected chi connectivity index (χ1v) is 9.30. The van der Waals surface area contributed by atoms with E-state index in [1.807, 2.05) is 0 Å². The highest BCUT2D eigenvalue weighted by Gasteiger charge is 2.54. The van der Waals surface area contributed by atoms with Gasteiger partial charge in [0.05, 0.1) is 0 Å². The predicted molar refractivity (Wildman–Crippen MR) is 88.8 cm³/mol. The minimum Gasteiger partial charge on any atom is -0.370 e. The third kappa shape index (κ3) is 2.52. The Hall–Kier alpha value is -1.92. The van der Waals surface area contributed by atoms with E-state index in [-0.39, 0.29) is 4.90 Å². The summed E-state index contributed by atoms with van der Waals surface area (Å²) in [5, 5.41) is 3.34. The van der Waals surface area contributed by atoms with Gasteiger partial charge in [0.25, 0.3) is 0 Å². The van der Waals surface area contributed by atoms with Crippen molar-refractivity contribution >= 4 is 15.8 Å². The van der Waals surface area contributed by atoms with E-state index in [1.54, 1.807) is 12.1 Å². The lowest BCUT2D eigenvalue weighted by Crippen LogP contribution is -2.18. The first-order valence-electron chi connectivity index (χ1n) is 7.81. The van der Waals surface area contributed by atoms with Gasteiger partial charge in [0.15, 0.2) is 0 Å². The molecule has 2 N–H and O–H groups in total. The Morgan fingerprint density at radius 2 is 2.04 bits per heavy atom. The van der Waals surface area contributed by atoms with Crippen LogP contribution in [0.15, 0.2) is 47.5 Å². The second-order valence-corrected chi connectivity index (χ2v) is 8.11. The molecular weight excluding hydrogens is 310 g/mol. The monoisotopic (exact) mass is 329 g/mol. The standard InChI is InChI=1S/C17H19N3O2S/c1-18-23(21,22)12-6-7-16(19-9-12)20-10-15-14-8-11-4-2-3-5-13(11)17(14)15/h2-7,9,14-15,17-18H,8,10H2,1H3,(H,19,20). The van der Waals surface area contributed by atoms with Gasteiger partial charge in [0.2, 0.25) is 10.0 Å². The number of anilines is 1. The summed E-state index contributed by atoms with van der Waals surface area (Å²) in [5.74, 6) is 2.82. The molecule has 1 aromatic heterocycles. The van der Waals surface area contributed by atoms with E-state index in [2.05, 4.69) is 39.3 Å². The molecule has 23 heavy (non-hydrogen) atoms. The molecule has 1 fully saturated rings. The number of aromatic nitrogens is 1. The number of pyridine rings is 1. The Balaban J connectivity index is 1.39. The zero-order valence-electron chi connectivity index (χ0n) is 12.9. The van der Waals surface area contributed by atoms with Crippen molar-refractivity contribution < 1.29 is 8.42 Å². The van der Waals surface area contributed by atoms with Crippen molar-refractivity contribution in [3.05, 3.63) is 53.7 Å². The molecule has 0 radical (unpaired) electrons. The quantitative estimate of drug-likeness (QED) is 0.880. The van der Waals surface area contributed by atoms with Crippen LogP contribution in [0.1, 0.15) is 17.0 Å². The van der Waals surface area contributed by atoms with Crippen LogP contribution in [0.3, 0.4) is 0 Å². The summed E-state index contributed by atoms with van der Waals surface area (Å²) >= 11 is 0. The molecule has 0 spiro atoms.